The Balaban J connectivity index is 1.27. The average Bonchev–Trinajstić information content (AvgIpc) is 3.01. The van der Waals surface area contributed by atoms with E-state index >= 15 is 0 Å². The molecule has 0 bridgehead atoms. The Morgan fingerprint density at radius 1 is 1.21 bits per heavy atom. The number of carbonyl (C=O) groups excluding carboxylic acids is 1. The lowest BCUT2D eigenvalue weighted by atomic mass is 9.82. The number of aromatic amines is 1. The molecule has 1 aromatic heterocycles. The highest BCUT2D eigenvalue weighted by molar-refractivity contribution is 5.81. The molecule has 1 spiro atoms. The maximum atomic E-state index is 13.3. The number of nitrogens with zero attached hydrogens (tertiary/aromatic N) is 2. The number of carbonyl (C=O) groups is 1. The maximum Gasteiger partial charge on any atom is 0.248 e. The van der Waals surface area contributed by atoms with Gasteiger partial charge in [0, 0.05) is 19.4 Å². The molecule has 1 unspecified atom stereocenters. The van der Waals surface area contributed by atoms with E-state index in [1.807, 2.05) is 18.2 Å². The van der Waals surface area contributed by atoms with E-state index in [2.05, 4.69) is 20.7 Å². The first-order valence-electron chi connectivity index (χ1n) is 8.40. The van der Waals surface area contributed by atoms with Crippen LogP contribution in [0.5, 0.6) is 0 Å². The summed E-state index contributed by atoms with van der Waals surface area (Å²) >= 11 is 0. The number of halogens is 2. The third-order valence-electron chi connectivity index (χ3n) is 5.63. The van der Waals surface area contributed by atoms with E-state index in [0.29, 0.717) is 31.7 Å². The van der Waals surface area contributed by atoms with Crippen molar-refractivity contribution < 1.29 is 13.6 Å². The molecule has 128 valence electrons. The predicted octanol–water partition coefficient (Wildman–Crippen LogP) is 2.83. The summed E-state index contributed by atoms with van der Waals surface area (Å²) in [6.07, 6.45) is 2.42. The van der Waals surface area contributed by atoms with Gasteiger partial charge in [-0.3, -0.25) is 4.79 Å². The topological polar surface area (TPSA) is 70.7 Å². The number of rotatable bonds is 4. The lowest BCUT2D eigenvalue weighted by Crippen LogP contribution is -2.31. The van der Waals surface area contributed by atoms with Gasteiger partial charge >= 0.3 is 0 Å². The third kappa shape index (κ3) is 2.99. The Labute approximate surface area is 138 Å². The highest BCUT2D eigenvalue weighted by Crippen LogP contribution is 2.63. The van der Waals surface area contributed by atoms with Gasteiger partial charge in [-0.05, 0) is 48.3 Å². The van der Waals surface area contributed by atoms with Crippen molar-refractivity contribution in [2.75, 3.05) is 6.54 Å². The molecule has 2 aliphatic rings. The third-order valence-corrected chi connectivity index (χ3v) is 5.63. The molecular weight excluding hydrogens is 314 g/mol. The molecule has 2 aromatic rings. The number of aromatic nitrogens is 3. The number of hydrogen-bond donors (Lipinski definition) is 2. The minimum atomic E-state index is -2.48. The highest BCUT2D eigenvalue weighted by atomic mass is 19.3. The molecule has 1 atom stereocenters. The lowest BCUT2D eigenvalue weighted by molar-refractivity contribution is -0.120. The predicted molar refractivity (Wildman–Crippen MR) is 84.6 cm³/mol. The van der Waals surface area contributed by atoms with Crippen LogP contribution in [0.2, 0.25) is 0 Å². The van der Waals surface area contributed by atoms with E-state index in [4.69, 9.17) is 0 Å². The zero-order valence-electron chi connectivity index (χ0n) is 13.3. The monoisotopic (exact) mass is 334 g/mol. The zero-order valence-corrected chi connectivity index (χ0v) is 13.3. The molecular formula is C17H20F2N4O. The van der Waals surface area contributed by atoms with E-state index in [9.17, 15) is 13.6 Å². The summed E-state index contributed by atoms with van der Waals surface area (Å²) in [5.41, 5.74) is 2.46. The van der Waals surface area contributed by atoms with Crippen molar-refractivity contribution in [2.45, 2.75) is 44.4 Å². The summed E-state index contributed by atoms with van der Waals surface area (Å²) in [5.74, 6) is -2.17. The van der Waals surface area contributed by atoms with Gasteiger partial charge in [0.05, 0.1) is 6.42 Å². The molecule has 4 rings (SSSR count). The van der Waals surface area contributed by atoms with Crippen LogP contribution in [0, 0.1) is 11.3 Å². The Bertz CT molecular complexity index is 763. The van der Waals surface area contributed by atoms with Crippen molar-refractivity contribution in [3.05, 3.63) is 23.8 Å². The lowest BCUT2D eigenvalue weighted by Gasteiger charge is -2.29. The van der Waals surface area contributed by atoms with Gasteiger partial charge < -0.3 is 5.32 Å². The van der Waals surface area contributed by atoms with Crippen molar-refractivity contribution in [3.8, 4) is 0 Å². The Hall–Kier alpha value is -2.05. The normalized spacial score (nSPS) is 24.2. The second-order valence-corrected chi connectivity index (χ2v) is 7.25. The van der Waals surface area contributed by atoms with E-state index in [-0.39, 0.29) is 24.2 Å². The van der Waals surface area contributed by atoms with Crippen LogP contribution in [0.4, 0.5) is 8.78 Å². The molecule has 0 radical (unpaired) electrons. The van der Waals surface area contributed by atoms with Crippen LogP contribution in [-0.2, 0) is 11.2 Å². The molecule has 0 aliphatic heterocycles. The van der Waals surface area contributed by atoms with Crippen molar-refractivity contribution in [3.63, 3.8) is 0 Å². The molecule has 2 fully saturated rings. The van der Waals surface area contributed by atoms with Crippen LogP contribution in [0.25, 0.3) is 11.0 Å². The number of benzene rings is 1. The van der Waals surface area contributed by atoms with Gasteiger partial charge in [0.1, 0.15) is 11.0 Å². The van der Waals surface area contributed by atoms with Gasteiger partial charge in [0.15, 0.2) is 0 Å². The smallest absolute Gasteiger partial charge is 0.248 e. The summed E-state index contributed by atoms with van der Waals surface area (Å²) in [6.45, 7) is 0.594. The molecule has 1 heterocycles. The minimum absolute atomic E-state index is 0.00480. The van der Waals surface area contributed by atoms with Crippen molar-refractivity contribution in [1.29, 1.82) is 0 Å². The first-order chi connectivity index (χ1) is 11.5. The van der Waals surface area contributed by atoms with E-state index in [0.717, 1.165) is 23.0 Å². The molecule has 2 aliphatic carbocycles. The summed E-state index contributed by atoms with van der Waals surface area (Å²) < 4.78 is 26.5. The summed E-state index contributed by atoms with van der Waals surface area (Å²) in [6, 6.07) is 5.55. The molecule has 1 aromatic carbocycles. The van der Waals surface area contributed by atoms with E-state index in [1.54, 1.807) is 0 Å². The fourth-order valence-corrected chi connectivity index (χ4v) is 3.93. The molecule has 2 N–H and O–H groups in total. The number of amides is 1. The maximum absolute atomic E-state index is 13.3. The van der Waals surface area contributed by atoms with E-state index < -0.39 is 5.92 Å². The van der Waals surface area contributed by atoms with Gasteiger partial charge in [0.2, 0.25) is 11.8 Å². The summed E-state index contributed by atoms with van der Waals surface area (Å²) in [5, 5.41) is 13.5. The molecule has 5 nitrogen and oxygen atoms in total. The zero-order chi connectivity index (χ0) is 16.8. The molecule has 7 heteroatoms. The van der Waals surface area contributed by atoms with Gasteiger partial charge in [-0.15, -0.1) is 0 Å². The number of alkyl halides is 2. The second kappa shape index (κ2) is 5.50. The molecule has 0 saturated heterocycles. The minimum Gasteiger partial charge on any atom is -0.356 e. The largest absolute Gasteiger partial charge is 0.356 e. The van der Waals surface area contributed by atoms with Crippen LogP contribution in [0.15, 0.2) is 18.2 Å². The Kier molecular flexibility index (Phi) is 3.54. The summed E-state index contributed by atoms with van der Waals surface area (Å²) in [7, 11) is 0. The van der Waals surface area contributed by atoms with Crippen LogP contribution >= 0.6 is 0 Å². The fraction of sp³-hybridized carbons (Fsp3) is 0.588. The van der Waals surface area contributed by atoms with Gasteiger partial charge in [-0.25, -0.2) is 8.78 Å². The number of fused-ring (bicyclic) bond motifs is 1. The van der Waals surface area contributed by atoms with Crippen LogP contribution in [-0.4, -0.2) is 33.8 Å². The summed E-state index contributed by atoms with van der Waals surface area (Å²) in [4.78, 5) is 12.1. The average molecular weight is 334 g/mol. The SMILES string of the molecule is O=C(Cc1ccc2n[nH]nc2c1)NCC1CC12CCC(F)(F)CC2. The van der Waals surface area contributed by atoms with Crippen LogP contribution < -0.4 is 5.32 Å². The number of nitrogens with one attached hydrogen (secondary N) is 2. The second-order valence-electron chi connectivity index (χ2n) is 7.25. The fourth-order valence-electron chi connectivity index (χ4n) is 3.93. The quantitative estimate of drug-likeness (QED) is 0.903. The van der Waals surface area contributed by atoms with Crippen LogP contribution in [0.1, 0.15) is 37.7 Å². The Morgan fingerprint density at radius 3 is 2.75 bits per heavy atom. The van der Waals surface area contributed by atoms with Gasteiger partial charge in [0.25, 0.3) is 0 Å². The van der Waals surface area contributed by atoms with Crippen molar-refractivity contribution in [1.82, 2.24) is 20.7 Å². The van der Waals surface area contributed by atoms with E-state index in [1.165, 1.54) is 0 Å². The first-order valence-corrected chi connectivity index (χ1v) is 8.40. The highest BCUT2D eigenvalue weighted by Gasteiger charge is 2.57. The standard InChI is InChI=1S/C17H20F2N4O/c18-17(19)5-3-16(4-6-17)9-12(16)10-20-15(24)8-11-1-2-13-14(7-11)22-23-21-13/h1-2,7,12H,3-6,8-10H2,(H,20,24)(H,21,22,23). The molecule has 1 amide bonds. The molecule has 2 saturated carbocycles. The Morgan fingerprint density at radius 2 is 1.96 bits per heavy atom. The number of H-pyrrole nitrogens is 1. The first kappa shape index (κ1) is 15.5. The van der Waals surface area contributed by atoms with Crippen LogP contribution in [0.3, 0.4) is 0 Å². The van der Waals surface area contributed by atoms with Crippen molar-refractivity contribution in [2.24, 2.45) is 11.3 Å². The number of hydrogen-bond acceptors (Lipinski definition) is 3. The van der Waals surface area contributed by atoms with Gasteiger partial charge in [-0.1, -0.05) is 6.07 Å². The molecule has 24 heavy (non-hydrogen) atoms. The van der Waals surface area contributed by atoms with Crippen molar-refractivity contribution >= 4 is 16.9 Å². The van der Waals surface area contributed by atoms with Gasteiger partial charge in [-0.2, -0.15) is 15.4 Å².